The zero-order valence-corrected chi connectivity index (χ0v) is 18.8. The van der Waals surface area contributed by atoms with E-state index in [4.69, 9.17) is 44.3 Å². The molecule has 0 fully saturated rings. The third-order valence-electron chi connectivity index (χ3n) is 4.99. The predicted octanol–water partition coefficient (Wildman–Crippen LogP) is 7.21. The van der Waals surface area contributed by atoms with Crippen molar-refractivity contribution < 1.29 is 9.47 Å². The fourth-order valence-corrected chi connectivity index (χ4v) is 4.02. The van der Waals surface area contributed by atoms with E-state index in [2.05, 4.69) is 11.4 Å². The number of nitrogens with one attached hydrogen (secondary N) is 1. The van der Waals surface area contributed by atoms with Gasteiger partial charge in [0.25, 0.3) is 0 Å². The van der Waals surface area contributed by atoms with Gasteiger partial charge in [-0.3, -0.25) is 0 Å². The monoisotopic (exact) mass is 453 g/mol. The molecule has 1 aliphatic carbocycles. The van der Waals surface area contributed by atoms with Crippen LogP contribution in [0.3, 0.4) is 0 Å². The van der Waals surface area contributed by atoms with E-state index in [1.807, 2.05) is 18.2 Å². The molecule has 0 spiro atoms. The van der Waals surface area contributed by atoms with Crippen molar-refractivity contribution in [3.63, 3.8) is 0 Å². The fourth-order valence-electron chi connectivity index (χ4n) is 3.41. The number of hydrogen-bond acceptors (Lipinski definition) is 3. The Morgan fingerprint density at radius 2 is 1.79 bits per heavy atom. The highest BCUT2D eigenvalue weighted by Crippen LogP contribution is 2.37. The van der Waals surface area contributed by atoms with Gasteiger partial charge < -0.3 is 14.8 Å². The molecule has 0 atom stereocenters. The number of ether oxygens (including phenoxy) is 2. The number of methoxy groups -OCH3 is 1. The maximum atomic E-state index is 6.48. The van der Waals surface area contributed by atoms with Crippen LogP contribution in [0.4, 0.5) is 0 Å². The standard InChI is InChI=1S/C23H26Cl3NO2/c1-28-22-13-18(14-27-10-9-16-5-3-2-4-6-16)12-21(26)23(22)29-15-17-7-8-19(24)20(25)11-17/h5,7-8,11-13,27H,2-4,6,9-10,14-15H2,1H3. The van der Waals surface area contributed by atoms with Crippen molar-refractivity contribution in [2.24, 2.45) is 0 Å². The summed E-state index contributed by atoms with van der Waals surface area (Å²) in [6.07, 6.45) is 8.62. The van der Waals surface area contributed by atoms with E-state index in [0.717, 1.165) is 30.6 Å². The van der Waals surface area contributed by atoms with Gasteiger partial charge in [-0.15, -0.1) is 0 Å². The van der Waals surface area contributed by atoms with Crippen molar-refractivity contribution in [2.45, 2.75) is 45.3 Å². The second kappa shape index (κ2) is 11.1. The molecular weight excluding hydrogens is 429 g/mol. The van der Waals surface area contributed by atoms with E-state index in [1.54, 1.807) is 24.8 Å². The molecule has 0 aromatic heterocycles. The lowest BCUT2D eigenvalue weighted by molar-refractivity contribution is 0.284. The van der Waals surface area contributed by atoms with Crippen LogP contribution in [0, 0.1) is 0 Å². The van der Waals surface area contributed by atoms with Gasteiger partial charge in [-0.2, -0.15) is 0 Å². The summed E-state index contributed by atoms with van der Waals surface area (Å²) in [7, 11) is 1.62. The SMILES string of the molecule is COc1cc(CNCCC2=CCCCC2)cc(Cl)c1OCc1ccc(Cl)c(Cl)c1. The van der Waals surface area contributed by atoms with Gasteiger partial charge in [0.05, 0.1) is 22.2 Å². The van der Waals surface area contributed by atoms with Crippen molar-refractivity contribution in [2.75, 3.05) is 13.7 Å². The summed E-state index contributed by atoms with van der Waals surface area (Å²) in [5, 5.41) is 5.03. The first kappa shape index (κ1) is 22.3. The number of allylic oxidation sites excluding steroid dienone is 1. The van der Waals surface area contributed by atoms with E-state index in [1.165, 1.54) is 25.7 Å². The Morgan fingerprint density at radius 1 is 0.966 bits per heavy atom. The number of rotatable bonds is 9. The second-order valence-corrected chi connectivity index (χ2v) is 8.40. The number of benzene rings is 2. The molecule has 0 aliphatic heterocycles. The van der Waals surface area contributed by atoms with Gasteiger partial charge in [0.2, 0.25) is 0 Å². The minimum atomic E-state index is 0.319. The van der Waals surface area contributed by atoms with Crippen LogP contribution in [0.5, 0.6) is 11.5 Å². The van der Waals surface area contributed by atoms with E-state index < -0.39 is 0 Å². The van der Waals surface area contributed by atoms with Crippen molar-refractivity contribution in [1.29, 1.82) is 0 Å². The van der Waals surface area contributed by atoms with E-state index in [0.29, 0.717) is 33.2 Å². The van der Waals surface area contributed by atoms with Gasteiger partial charge in [0.1, 0.15) is 6.61 Å². The van der Waals surface area contributed by atoms with Crippen LogP contribution in [-0.2, 0) is 13.2 Å². The average molecular weight is 455 g/mol. The van der Waals surface area contributed by atoms with Crippen LogP contribution in [-0.4, -0.2) is 13.7 Å². The van der Waals surface area contributed by atoms with Gasteiger partial charge in [0, 0.05) is 6.54 Å². The van der Waals surface area contributed by atoms with Crippen LogP contribution in [0.1, 0.15) is 43.2 Å². The van der Waals surface area contributed by atoms with Gasteiger partial charge in [-0.05, 0) is 74.0 Å². The Morgan fingerprint density at radius 3 is 2.52 bits per heavy atom. The molecule has 1 aliphatic rings. The third-order valence-corrected chi connectivity index (χ3v) is 6.01. The molecule has 3 rings (SSSR count). The van der Waals surface area contributed by atoms with Crippen molar-refractivity contribution in [3.05, 3.63) is 68.2 Å². The van der Waals surface area contributed by atoms with Crippen LogP contribution in [0.25, 0.3) is 0 Å². The summed E-state index contributed by atoms with van der Waals surface area (Å²) >= 11 is 18.5. The highest BCUT2D eigenvalue weighted by molar-refractivity contribution is 6.42. The third kappa shape index (κ3) is 6.55. The number of halogens is 3. The molecule has 0 unspecified atom stereocenters. The molecular formula is C23H26Cl3NO2. The Balaban J connectivity index is 1.57. The van der Waals surface area contributed by atoms with Crippen LogP contribution < -0.4 is 14.8 Å². The molecule has 156 valence electrons. The average Bonchev–Trinajstić information content (AvgIpc) is 2.73. The van der Waals surface area contributed by atoms with Crippen molar-refractivity contribution >= 4 is 34.8 Å². The summed E-state index contributed by atoms with van der Waals surface area (Å²) in [4.78, 5) is 0. The molecule has 2 aromatic rings. The smallest absolute Gasteiger partial charge is 0.180 e. The molecule has 1 N–H and O–H groups in total. The Hall–Kier alpha value is -1.39. The largest absolute Gasteiger partial charge is 0.493 e. The maximum absolute atomic E-state index is 6.48. The van der Waals surface area contributed by atoms with Crippen LogP contribution in [0.15, 0.2) is 42.0 Å². The minimum absolute atomic E-state index is 0.319. The highest BCUT2D eigenvalue weighted by atomic mass is 35.5. The van der Waals surface area contributed by atoms with Gasteiger partial charge in [0.15, 0.2) is 11.5 Å². The van der Waals surface area contributed by atoms with Crippen LogP contribution in [0.2, 0.25) is 15.1 Å². The Kier molecular flexibility index (Phi) is 8.55. The normalized spacial score (nSPS) is 13.9. The first-order chi connectivity index (χ1) is 14.1. The molecule has 0 saturated carbocycles. The molecule has 2 aromatic carbocycles. The summed E-state index contributed by atoms with van der Waals surface area (Å²) in [6, 6.07) is 9.28. The van der Waals surface area contributed by atoms with E-state index in [9.17, 15) is 0 Å². The highest BCUT2D eigenvalue weighted by Gasteiger charge is 2.13. The fraction of sp³-hybridized carbons (Fsp3) is 0.391. The lowest BCUT2D eigenvalue weighted by Gasteiger charge is -2.15. The Labute approximate surface area is 187 Å². The van der Waals surface area contributed by atoms with E-state index in [-0.39, 0.29) is 0 Å². The molecule has 6 heteroatoms. The summed E-state index contributed by atoms with van der Waals surface area (Å²) in [5.41, 5.74) is 3.54. The first-order valence-corrected chi connectivity index (χ1v) is 11.0. The molecule has 0 radical (unpaired) electrons. The lowest BCUT2D eigenvalue weighted by atomic mass is 9.97. The molecule has 0 bridgehead atoms. The van der Waals surface area contributed by atoms with Crippen molar-refractivity contribution in [3.8, 4) is 11.5 Å². The molecule has 0 heterocycles. The minimum Gasteiger partial charge on any atom is -0.493 e. The summed E-state index contributed by atoms with van der Waals surface area (Å²) < 4.78 is 11.4. The van der Waals surface area contributed by atoms with Gasteiger partial charge in [-0.25, -0.2) is 0 Å². The maximum Gasteiger partial charge on any atom is 0.180 e. The first-order valence-electron chi connectivity index (χ1n) is 9.88. The summed E-state index contributed by atoms with van der Waals surface area (Å²) in [5.74, 6) is 1.14. The zero-order chi connectivity index (χ0) is 20.6. The lowest BCUT2D eigenvalue weighted by Crippen LogP contribution is -2.16. The van der Waals surface area contributed by atoms with Gasteiger partial charge in [-0.1, -0.05) is 52.5 Å². The van der Waals surface area contributed by atoms with Gasteiger partial charge >= 0.3 is 0 Å². The van der Waals surface area contributed by atoms with E-state index >= 15 is 0 Å². The summed E-state index contributed by atoms with van der Waals surface area (Å²) in [6.45, 7) is 2.01. The predicted molar refractivity (Wildman–Crippen MR) is 122 cm³/mol. The molecule has 29 heavy (non-hydrogen) atoms. The topological polar surface area (TPSA) is 30.5 Å². The molecule has 3 nitrogen and oxygen atoms in total. The molecule has 0 amide bonds. The van der Waals surface area contributed by atoms with Crippen molar-refractivity contribution in [1.82, 2.24) is 5.32 Å². The second-order valence-electron chi connectivity index (χ2n) is 7.18. The Bertz CT molecular complexity index is 867. The van der Waals surface area contributed by atoms with Crippen LogP contribution >= 0.6 is 34.8 Å². The number of hydrogen-bond donors (Lipinski definition) is 1. The quantitative estimate of drug-likeness (QED) is 0.320. The molecule has 0 saturated heterocycles. The zero-order valence-electron chi connectivity index (χ0n) is 16.6.